The van der Waals surface area contributed by atoms with Crippen LogP contribution in [0.4, 0.5) is 8.78 Å². The van der Waals surface area contributed by atoms with Gasteiger partial charge in [0, 0.05) is 0 Å². The van der Waals surface area contributed by atoms with Crippen molar-refractivity contribution in [2.45, 2.75) is 23.8 Å². The van der Waals surface area contributed by atoms with Gasteiger partial charge in [-0.3, -0.25) is 9.36 Å². The van der Waals surface area contributed by atoms with E-state index < -0.39 is 35.2 Å². The number of fused-ring (bicyclic) bond motifs is 1. The number of ether oxygens (including phenoxy) is 1. The summed E-state index contributed by atoms with van der Waals surface area (Å²) < 4.78 is 58.8. The van der Waals surface area contributed by atoms with Gasteiger partial charge in [0.2, 0.25) is 0 Å². The molecule has 0 aliphatic rings. The van der Waals surface area contributed by atoms with Crippen molar-refractivity contribution in [2.24, 2.45) is 0 Å². The van der Waals surface area contributed by atoms with Crippen LogP contribution in [0.15, 0.2) is 46.0 Å². The van der Waals surface area contributed by atoms with E-state index >= 15 is 0 Å². The van der Waals surface area contributed by atoms with Gasteiger partial charge < -0.3 is 4.74 Å². The average Bonchev–Trinajstić information content (AvgIpc) is 3.28. The molecule has 144 valence electrons. The van der Waals surface area contributed by atoms with Crippen molar-refractivity contribution in [1.29, 1.82) is 0 Å². The Labute approximate surface area is 157 Å². The van der Waals surface area contributed by atoms with Gasteiger partial charge in [0.05, 0.1) is 11.0 Å². The average molecular weight is 415 g/mol. The van der Waals surface area contributed by atoms with Crippen molar-refractivity contribution in [3.8, 4) is 0 Å². The first-order valence-corrected chi connectivity index (χ1v) is 10.1. The Bertz CT molecular complexity index is 1050. The highest BCUT2D eigenvalue weighted by atomic mass is 32.2. The van der Waals surface area contributed by atoms with Gasteiger partial charge in [-0.15, -0.1) is 11.3 Å². The van der Waals surface area contributed by atoms with Crippen LogP contribution in [0.3, 0.4) is 0 Å². The third kappa shape index (κ3) is 4.15. The summed E-state index contributed by atoms with van der Waals surface area (Å²) in [4.78, 5) is 16.1. The summed E-state index contributed by atoms with van der Waals surface area (Å²) in [7, 11) is -3.83. The van der Waals surface area contributed by atoms with Crippen LogP contribution >= 0.6 is 11.3 Å². The van der Waals surface area contributed by atoms with Crippen LogP contribution in [-0.2, 0) is 19.6 Å². The Hall–Kier alpha value is -2.37. The van der Waals surface area contributed by atoms with E-state index in [9.17, 15) is 22.0 Å². The molecule has 0 aliphatic heterocycles. The van der Waals surface area contributed by atoms with Gasteiger partial charge in [-0.1, -0.05) is 18.2 Å². The first kappa shape index (κ1) is 19.4. The lowest BCUT2D eigenvalue weighted by Gasteiger charge is -2.15. The summed E-state index contributed by atoms with van der Waals surface area (Å²) in [6.07, 6.45) is -1.09. The van der Waals surface area contributed by atoms with Crippen molar-refractivity contribution in [1.82, 2.24) is 14.3 Å². The molecule has 2 aromatic heterocycles. The van der Waals surface area contributed by atoms with Crippen molar-refractivity contribution in [2.75, 3.05) is 6.54 Å². The molecule has 3 aromatic rings. The maximum Gasteiger partial charge on any atom is 0.321 e. The molecule has 0 saturated carbocycles. The van der Waals surface area contributed by atoms with E-state index in [1.54, 1.807) is 29.6 Å². The summed E-state index contributed by atoms with van der Waals surface area (Å²) in [6, 6.07) is 9.27. The number of alkyl halides is 2. The molecule has 0 aliphatic carbocycles. The van der Waals surface area contributed by atoms with Crippen LogP contribution < -0.4 is 4.72 Å². The second-order valence-corrected chi connectivity index (χ2v) is 8.44. The predicted molar refractivity (Wildman–Crippen MR) is 95.0 cm³/mol. The second-order valence-electron chi connectivity index (χ2n) is 5.50. The number of carbonyl (C=O) groups excluding carboxylic acids is 1. The first-order chi connectivity index (χ1) is 12.8. The smallest absolute Gasteiger partial charge is 0.321 e. The molecule has 3 rings (SSSR count). The topological polar surface area (TPSA) is 90.3 Å². The zero-order valence-electron chi connectivity index (χ0n) is 14.0. The highest BCUT2D eigenvalue weighted by molar-refractivity contribution is 7.91. The molecule has 0 spiro atoms. The number of hydrogen-bond acceptors (Lipinski definition) is 6. The van der Waals surface area contributed by atoms with Gasteiger partial charge in [0.15, 0.2) is 11.9 Å². The largest absolute Gasteiger partial charge is 0.454 e. The lowest BCUT2D eigenvalue weighted by atomic mass is 10.3. The number of para-hydroxylation sites is 2. The van der Waals surface area contributed by atoms with Gasteiger partial charge in [-0.05, 0) is 30.5 Å². The lowest BCUT2D eigenvalue weighted by molar-refractivity contribution is -0.147. The SMILES string of the molecule is CC(OC(=O)CNS(=O)(=O)c1cccs1)c1nc2ccccc2n1C(F)F. The molecule has 0 radical (unpaired) electrons. The molecule has 0 bridgehead atoms. The minimum Gasteiger partial charge on any atom is -0.454 e. The number of rotatable bonds is 7. The molecule has 1 unspecified atom stereocenters. The second kappa shape index (κ2) is 7.71. The van der Waals surface area contributed by atoms with Gasteiger partial charge in [-0.2, -0.15) is 13.5 Å². The first-order valence-electron chi connectivity index (χ1n) is 7.77. The Morgan fingerprint density at radius 3 is 2.70 bits per heavy atom. The number of nitrogens with zero attached hydrogens (tertiary/aromatic N) is 2. The third-order valence-electron chi connectivity index (χ3n) is 3.66. The van der Waals surface area contributed by atoms with E-state index in [-0.39, 0.29) is 15.6 Å². The minimum atomic E-state index is -3.83. The van der Waals surface area contributed by atoms with E-state index in [0.717, 1.165) is 11.3 Å². The number of carbonyl (C=O) groups is 1. The number of thiophene rings is 1. The molecule has 0 fully saturated rings. The number of sulfonamides is 1. The number of halogens is 2. The minimum absolute atomic E-state index is 0.0582. The molecule has 11 heteroatoms. The zero-order valence-corrected chi connectivity index (χ0v) is 15.6. The summed E-state index contributed by atoms with van der Waals surface area (Å²) in [5.74, 6) is -1.03. The third-order valence-corrected chi connectivity index (χ3v) is 6.46. The Balaban J connectivity index is 1.72. The number of nitrogens with one attached hydrogen (secondary N) is 1. The molecule has 0 saturated heterocycles. The van der Waals surface area contributed by atoms with E-state index in [4.69, 9.17) is 4.74 Å². The van der Waals surface area contributed by atoms with E-state index in [1.807, 2.05) is 0 Å². The van der Waals surface area contributed by atoms with Crippen LogP contribution in [0, 0.1) is 0 Å². The van der Waals surface area contributed by atoms with Crippen LogP contribution in [0.2, 0.25) is 0 Å². The fraction of sp³-hybridized carbons (Fsp3) is 0.250. The summed E-state index contributed by atoms with van der Waals surface area (Å²) in [5.41, 5.74) is 0.554. The fourth-order valence-corrected chi connectivity index (χ4v) is 4.49. The van der Waals surface area contributed by atoms with Crippen LogP contribution in [-0.4, -0.2) is 30.5 Å². The van der Waals surface area contributed by atoms with Crippen LogP contribution in [0.5, 0.6) is 0 Å². The van der Waals surface area contributed by atoms with E-state index in [2.05, 4.69) is 9.71 Å². The van der Waals surface area contributed by atoms with E-state index in [0.29, 0.717) is 10.1 Å². The van der Waals surface area contributed by atoms with Crippen molar-refractivity contribution in [3.63, 3.8) is 0 Å². The van der Waals surface area contributed by atoms with E-state index in [1.165, 1.54) is 19.1 Å². The predicted octanol–water partition coefficient (Wildman–Crippen LogP) is 3.08. The quantitative estimate of drug-likeness (QED) is 0.599. The maximum atomic E-state index is 13.4. The molecular formula is C16H15F2N3O4S2. The summed E-state index contributed by atoms with van der Waals surface area (Å²) >= 11 is 1.00. The van der Waals surface area contributed by atoms with Crippen LogP contribution in [0.25, 0.3) is 11.0 Å². The highest BCUT2D eigenvalue weighted by Gasteiger charge is 2.25. The highest BCUT2D eigenvalue weighted by Crippen LogP contribution is 2.28. The van der Waals surface area contributed by atoms with Gasteiger partial charge in [0.25, 0.3) is 10.0 Å². The molecule has 27 heavy (non-hydrogen) atoms. The molecule has 1 atom stereocenters. The van der Waals surface area contributed by atoms with Gasteiger partial charge >= 0.3 is 12.5 Å². The van der Waals surface area contributed by atoms with Crippen molar-refractivity contribution < 1.29 is 26.7 Å². The Morgan fingerprint density at radius 2 is 2.04 bits per heavy atom. The van der Waals surface area contributed by atoms with Crippen molar-refractivity contribution >= 4 is 38.4 Å². The van der Waals surface area contributed by atoms with Gasteiger partial charge in [-0.25, -0.2) is 13.4 Å². The summed E-state index contributed by atoms with van der Waals surface area (Å²) in [5, 5.41) is 1.59. The Morgan fingerprint density at radius 1 is 1.30 bits per heavy atom. The number of benzene rings is 1. The number of aromatic nitrogens is 2. The van der Waals surface area contributed by atoms with Crippen LogP contribution in [0.1, 0.15) is 25.4 Å². The lowest BCUT2D eigenvalue weighted by Crippen LogP contribution is -2.31. The monoisotopic (exact) mass is 415 g/mol. The maximum absolute atomic E-state index is 13.4. The molecule has 2 heterocycles. The zero-order chi connectivity index (χ0) is 19.6. The molecule has 7 nitrogen and oxygen atoms in total. The molecule has 1 N–H and O–H groups in total. The molecule has 1 aromatic carbocycles. The molecular weight excluding hydrogens is 400 g/mol. The van der Waals surface area contributed by atoms with Crippen molar-refractivity contribution in [3.05, 3.63) is 47.6 Å². The summed E-state index contributed by atoms with van der Waals surface area (Å²) in [6.45, 7) is -2.10. The normalized spacial score (nSPS) is 13.2. The number of hydrogen-bond donors (Lipinski definition) is 1. The number of esters is 1. The Kier molecular flexibility index (Phi) is 5.53. The standard InChI is InChI=1S/C16H15F2N3O4S2/c1-10(15-20-11-5-2-3-6-12(11)21(15)16(17)18)25-13(22)9-19-27(23,24)14-7-4-8-26-14/h2-8,10,16,19H,9H2,1H3. The fourth-order valence-electron chi connectivity index (χ4n) is 2.49. The number of imidazole rings is 1. The molecule has 0 amide bonds. The van der Waals surface area contributed by atoms with Gasteiger partial charge in [0.1, 0.15) is 10.8 Å².